The number of benzene rings is 1. The Morgan fingerprint density at radius 3 is 2.37 bits per heavy atom. The number of piperidine rings is 1. The summed E-state index contributed by atoms with van der Waals surface area (Å²) in [6.45, 7) is 3.93. The van der Waals surface area contributed by atoms with Crippen LogP contribution in [0.2, 0.25) is 0 Å². The number of rotatable bonds is 5. The zero-order valence-electron chi connectivity index (χ0n) is 23.7. The fourth-order valence-corrected chi connectivity index (χ4v) is 7.63. The number of aliphatic hydroxyl groups excluding tert-OH is 3. The number of nitrogens with two attached hydrogens (primary N) is 1. The lowest BCUT2D eigenvalue weighted by atomic mass is 9.53. The summed E-state index contributed by atoms with van der Waals surface area (Å²) in [5.41, 5.74) is 3.04. The zero-order valence-corrected chi connectivity index (χ0v) is 23.7. The molecule has 4 aliphatic rings. The Kier molecular flexibility index (Phi) is 7.54. The van der Waals surface area contributed by atoms with Gasteiger partial charge in [-0.1, -0.05) is 19.1 Å². The van der Waals surface area contributed by atoms with Crippen molar-refractivity contribution in [2.24, 2.45) is 23.5 Å². The lowest BCUT2D eigenvalue weighted by Crippen LogP contribution is -2.74. The molecule has 2 fully saturated rings. The molecule has 1 saturated carbocycles. The molecule has 0 aromatic heterocycles. The van der Waals surface area contributed by atoms with Crippen LogP contribution in [-0.2, 0) is 16.1 Å². The van der Waals surface area contributed by atoms with Crippen LogP contribution in [0, 0.1) is 17.8 Å². The summed E-state index contributed by atoms with van der Waals surface area (Å²) in [6.07, 6.45) is -1.36. The standard InChI is InChI=1S/C29H40N4O8/c1-12-15-6-5-13(11-31-14-7-9-33(4)10-8-14)22(34)17(15)23(35)18-16(12)24(36)20-21(32(2)3)25(37)19(28(30)40)27(39)29(20,41)26(18)38/h5-6,12,14,16,19-21,24-25,31,34,36-38,41H,7-11H2,1-4H3,(H2,30,40)/t12-,16+,19?,20+,21-,24-,25?,29-/m0/s1. The van der Waals surface area contributed by atoms with E-state index in [0.717, 1.165) is 25.9 Å². The molecule has 0 bridgehead atoms. The molecular formula is C29H40N4O8. The van der Waals surface area contributed by atoms with Gasteiger partial charge in [0.25, 0.3) is 0 Å². The van der Waals surface area contributed by atoms with Gasteiger partial charge < -0.3 is 46.4 Å². The molecule has 0 radical (unpaired) electrons. The third-order valence-corrected chi connectivity index (χ3v) is 9.88. The van der Waals surface area contributed by atoms with Gasteiger partial charge in [0, 0.05) is 41.6 Å². The molecule has 8 atom stereocenters. The third kappa shape index (κ3) is 4.31. The average molecular weight is 573 g/mol. The van der Waals surface area contributed by atoms with E-state index in [-0.39, 0.29) is 17.4 Å². The van der Waals surface area contributed by atoms with Gasteiger partial charge in [-0.3, -0.25) is 14.4 Å². The van der Waals surface area contributed by atoms with Gasteiger partial charge in [0.15, 0.2) is 17.2 Å². The number of carbonyl (C=O) groups is 3. The number of phenolic OH excluding ortho intramolecular Hbond substituents is 1. The molecule has 8 N–H and O–H groups in total. The van der Waals surface area contributed by atoms with Crippen LogP contribution in [0.15, 0.2) is 23.5 Å². The van der Waals surface area contributed by atoms with E-state index in [2.05, 4.69) is 17.3 Å². The van der Waals surface area contributed by atoms with Gasteiger partial charge in [-0.2, -0.15) is 0 Å². The molecule has 1 amide bonds. The largest absolute Gasteiger partial charge is 0.508 e. The molecule has 224 valence electrons. The van der Waals surface area contributed by atoms with E-state index >= 15 is 0 Å². The van der Waals surface area contributed by atoms with Crippen molar-refractivity contribution >= 4 is 17.5 Å². The lowest BCUT2D eigenvalue weighted by Gasteiger charge is -2.56. The van der Waals surface area contributed by atoms with Crippen LogP contribution in [0.3, 0.4) is 0 Å². The number of primary amides is 1. The normalized spacial score (nSPS) is 36.2. The van der Waals surface area contributed by atoms with Crippen molar-refractivity contribution in [2.45, 2.75) is 62.1 Å². The molecule has 0 spiro atoms. The first kappa shape index (κ1) is 29.6. The summed E-state index contributed by atoms with van der Waals surface area (Å²) in [6, 6.07) is 2.54. The number of likely N-dealkylation sites (N-methyl/N-ethyl adjacent to an activating group) is 1. The number of aliphatic hydroxyl groups is 4. The Bertz CT molecular complexity index is 1310. The van der Waals surface area contributed by atoms with Crippen LogP contribution in [0.25, 0.3) is 0 Å². The van der Waals surface area contributed by atoms with Crippen LogP contribution in [-0.4, -0.2) is 117 Å². The molecule has 1 aliphatic heterocycles. The van der Waals surface area contributed by atoms with Crippen LogP contribution < -0.4 is 11.1 Å². The van der Waals surface area contributed by atoms with Crippen molar-refractivity contribution < 1.29 is 39.9 Å². The maximum Gasteiger partial charge on any atom is 0.230 e. The van der Waals surface area contributed by atoms with Gasteiger partial charge in [-0.15, -0.1) is 0 Å². The molecule has 5 rings (SSSR count). The summed E-state index contributed by atoms with van der Waals surface area (Å²) in [4.78, 5) is 43.5. The van der Waals surface area contributed by atoms with Gasteiger partial charge in [0.1, 0.15) is 17.4 Å². The van der Waals surface area contributed by atoms with E-state index in [1.165, 1.54) is 19.0 Å². The number of hydrogen-bond acceptors (Lipinski definition) is 11. The summed E-state index contributed by atoms with van der Waals surface area (Å²) in [7, 11) is 5.14. The van der Waals surface area contributed by atoms with E-state index in [9.17, 15) is 39.9 Å². The Morgan fingerprint density at radius 1 is 1.15 bits per heavy atom. The number of nitrogens with one attached hydrogen (secondary N) is 1. The number of likely N-dealkylation sites (tertiary alicyclic amines) is 1. The molecule has 1 aromatic carbocycles. The number of ketones is 2. The fraction of sp³-hybridized carbons (Fsp3) is 0.621. The maximum absolute atomic E-state index is 14.0. The molecule has 3 aliphatic carbocycles. The Labute approximate surface area is 238 Å². The van der Waals surface area contributed by atoms with Crippen molar-refractivity contribution in [3.05, 3.63) is 40.2 Å². The molecule has 12 nitrogen and oxygen atoms in total. The van der Waals surface area contributed by atoms with E-state index in [0.29, 0.717) is 17.7 Å². The van der Waals surface area contributed by atoms with E-state index in [1.54, 1.807) is 19.1 Å². The number of phenols is 1. The monoisotopic (exact) mass is 572 g/mol. The van der Waals surface area contributed by atoms with Crippen molar-refractivity contribution in [3.63, 3.8) is 0 Å². The predicted octanol–water partition coefficient (Wildman–Crippen LogP) is -0.999. The van der Waals surface area contributed by atoms with Gasteiger partial charge in [-0.05, 0) is 58.6 Å². The van der Waals surface area contributed by atoms with Crippen LogP contribution in [0.4, 0.5) is 0 Å². The van der Waals surface area contributed by atoms with Gasteiger partial charge in [0.05, 0.1) is 17.8 Å². The highest BCUT2D eigenvalue weighted by Crippen LogP contribution is 2.55. The number of hydrogen-bond donors (Lipinski definition) is 7. The number of amides is 1. The van der Waals surface area contributed by atoms with Crippen molar-refractivity contribution in [1.82, 2.24) is 15.1 Å². The molecule has 2 unspecified atom stereocenters. The van der Waals surface area contributed by atoms with Gasteiger partial charge in [0.2, 0.25) is 5.91 Å². The first-order valence-electron chi connectivity index (χ1n) is 14.1. The minimum absolute atomic E-state index is 0.0638. The molecule has 1 saturated heterocycles. The first-order valence-corrected chi connectivity index (χ1v) is 14.1. The molecule has 12 heteroatoms. The van der Waals surface area contributed by atoms with Crippen LogP contribution >= 0.6 is 0 Å². The number of fused-ring (bicyclic) bond motifs is 3. The average Bonchev–Trinajstić information content (AvgIpc) is 2.90. The smallest absolute Gasteiger partial charge is 0.230 e. The van der Waals surface area contributed by atoms with Crippen LogP contribution in [0.5, 0.6) is 5.75 Å². The summed E-state index contributed by atoms with van der Waals surface area (Å²) < 4.78 is 0. The molecule has 1 aromatic rings. The quantitative estimate of drug-likeness (QED) is 0.214. The van der Waals surface area contributed by atoms with Crippen molar-refractivity contribution in [1.29, 1.82) is 0 Å². The zero-order chi connectivity index (χ0) is 30.1. The molecule has 1 heterocycles. The SMILES string of the molecule is C[C@H]1c2ccc(CNC3CCN(C)CC3)c(O)c2C(=O)C2=C(O)[C@]3(O)C(=O)C(C(N)=O)C(O)[C@@H](N(C)C)[C@@H]3[C@@H](O)[C@@H]21. The lowest BCUT2D eigenvalue weighted by molar-refractivity contribution is -0.194. The highest BCUT2D eigenvalue weighted by Gasteiger charge is 2.69. The molecule has 41 heavy (non-hydrogen) atoms. The van der Waals surface area contributed by atoms with E-state index < -0.39 is 76.3 Å². The van der Waals surface area contributed by atoms with Gasteiger partial charge >= 0.3 is 0 Å². The highest BCUT2D eigenvalue weighted by atomic mass is 16.4. The van der Waals surface area contributed by atoms with Gasteiger partial charge in [-0.25, -0.2) is 0 Å². The second-order valence-electron chi connectivity index (χ2n) is 12.4. The Hall–Kier alpha value is -2.87. The van der Waals surface area contributed by atoms with E-state index in [1.807, 2.05) is 0 Å². The fourth-order valence-electron chi connectivity index (χ4n) is 7.63. The second-order valence-corrected chi connectivity index (χ2v) is 12.4. The second kappa shape index (κ2) is 10.4. The number of aromatic hydroxyl groups is 1. The van der Waals surface area contributed by atoms with Crippen molar-refractivity contribution in [3.8, 4) is 5.75 Å². The summed E-state index contributed by atoms with van der Waals surface area (Å²) in [5.74, 6) is -9.60. The molecular weight excluding hydrogens is 532 g/mol. The minimum atomic E-state index is -2.87. The highest BCUT2D eigenvalue weighted by molar-refractivity contribution is 6.16. The Morgan fingerprint density at radius 2 is 1.78 bits per heavy atom. The Balaban J connectivity index is 1.59. The maximum atomic E-state index is 14.0. The number of carbonyl (C=O) groups excluding carboxylic acids is 3. The topological polar surface area (TPSA) is 197 Å². The number of nitrogens with zero attached hydrogens (tertiary/aromatic N) is 2. The first-order chi connectivity index (χ1) is 19.2. The summed E-state index contributed by atoms with van der Waals surface area (Å²) in [5, 5.41) is 60.8. The van der Waals surface area contributed by atoms with E-state index in [4.69, 9.17) is 5.73 Å². The van der Waals surface area contributed by atoms with Crippen LogP contribution in [0.1, 0.15) is 47.2 Å². The van der Waals surface area contributed by atoms with Crippen molar-refractivity contribution in [2.75, 3.05) is 34.2 Å². The third-order valence-electron chi connectivity index (χ3n) is 9.88. The minimum Gasteiger partial charge on any atom is -0.508 e. The number of Topliss-reactive ketones (excluding diaryl/α,β-unsaturated/α-hetero) is 2. The summed E-state index contributed by atoms with van der Waals surface area (Å²) >= 11 is 0. The predicted molar refractivity (Wildman–Crippen MR) is 147 cm³/mol.